The summed E-state index contributed by atoms with van der Waals surface area (Å²) in [6, 6.07) is 10.2. The Labute approximate surface area is 161 Å². The van der Waals surface area contributed by atoms with E-state index in [9.17, 15) is 0 Å². The van der Waals surface area contributed by atoms with E-state index >= 15 is 0 Å². The van der Waals surface area contributed by atoms with E-state index in [4.69, 9.17) is 9.26 Å². The fourth-order valence-corrected chi connectivity index (χ4v) is 2.47. The summed E-state index contributed by atoms with van der Waals surface area (Å²) < 4.78 is 11.1. The molecule has 0 bridgehead atoms. The Morgan fingerprint density at radius 1 is 1.15 bits per heavy atom. The number of rotatable bonds is 10. The fourth-order valence-electron chi connectivity index (χ4n) is 2.47. The van der Waals surface area contributed by atoms with Gasteiger partial charge in [0.2, 0.25) is 5.89 Å². The first-order valence-corrected chi connectivity index (χ1v) is 9.53. The third kappa shape index (κ3) is 7.38. The zero-order chi connectivity index (χ0) is 19.5. The van der Waals surface area contributed by atoms with Crippen LogP contribution in [0.15, 0.2) is 39.8 Å². The predicted molar refractivity (Wildman–Crippen MR) is 107 cm³/mol. The molecule has 0 aliphatic rings. The zero-order valence-electron chi connectivity index (χ0n) is 16.7. The topological polar surface area (TPSA) is 84.6 Å². The van der Waals surface area contributed by atoms with Gasteiger partial charge < -0.3 is 19.9 Å². The van der Waals surface area contributed by atoms with Crippen molar-refractivity contribution >= 4 is 5.96 Å². The minimum Gasteiger partial charge on any atom is -0.374 e. The van der Waals surface area contributed by atoms with Crippen LogP contribution in [0.5, 0.6) is 0 Å². The average molecular weight is 374 g/mol. The molecule has 1 atom stereocenters. The first-order chi connectivity index (χ1) is 13.1. The third-order valence-corrected chi connectivity index (χ3v) is 4.11. The maximum absolute atomic E-state index is 5.88. The maximum Gasteiger partial charge on any atom is 0.228 e. The maximum atomic E-state index is 5.88. The summed E-state index contributed by atoms with van der Waals surface area (Å²) in [7, 11) is 1.76. The van der Waals surface area contributed by atoms with Crippen LogP contribution < -0.4 is 10.6 Å². The standard InChI is InChI=1S/C20H31N5O2/c1-15(2)19-24-18(27-25-19)11-13-23-20(21-4)22-12-8-14-26-16(3)17-9-6-5-7-10-17/h5-7,9-10,15-16H,8,11-14H2,1-4H3,(H2,21,22,23). The SMILES string of the molecule is CN=C(NCCCOC(C)c1ccccc1)NCCc1nc(C(C)C)no1. The van der Waals surface area contributed by atoms with Gasteiger partial charge in [-0.25, -0.2) is 0 Å². The molecule has 1 heterocycles. The number of ether oxygens (including phenoxy) is 1. The first kappa shape index (κ1) is 20.9. The Morgan fingerprint density at radius 2 is 1.89 bits per heavy atom. The highest BCUT2D eigenvalue weighted by Crippen LogP contribution is 2.15. The van der Waals surface area contributed by atoms with Crippen molar-refractivity contribution in [3.63, 3.8) is 0 Å². The van der Waals surface area contributed by atoms with Gasteiger partial charge in [0.25, 0.3) is 0 Å². The molecule has 2 N–H and O–H groups in total. The van der Waals surface area contributed by atoms with E-state index in [1.54, 1.807) is 7.05 Å². The minimum absolute atomic E-state index is 0.105. The number of guanidine groups is 1. The van der Waals surface area contributed by atoms with Crippen LogP contribution in [0.1, 0.15) is 56.5 Å². The highest BCUT2D eigenvalue weighted by Gasteiger charge is 2.09. The fraction of sp³-hybridized carbons (Fsp3) is 0.550. The van der Waals surface area contributed by atoms with Crippen molar-refractivity contribution in [3.05, 3.63) is 47.6 Å². The van der Waals surface area contributed by atoms with Crippen molar-refractivity contribution in [2.24, 2.45) is 4.99 Å². The number of nitrogens with zero attached hydrogens (tertiary/aromatic N) is 3. The normalized spacial score (nSPS) is 13.0. The van der Waals surface area contributed by atoms with Crippen LogP contribution in [-0.2, 0) is 11.2 Å². The summed E-state index contributed by atoms with van der Waals surface area (Å²) in [5.74, 6) is 2.42. The van der Waals surface area contributed by atoms with Crippen molar-refractivity contribution in [1.29, 1.82) is 0 Å². The third-order valence-electron chi connectivity index (χ3n) is 4.11. The number of nitrogens with one attached hydrogen (secondary N) is 2. The van der Waals surface area contributed by atoms with E-state index in [0.29, 0.717) is 25.5 Å². The molecular formula is C20H31N5O2. The Morgan fingerprint density at radius 3 is 2.56 bits per heavy atom. The van der Waals surface area contributed by atoms with Crippen LogP contribution in [0.2, 0.25) is 0 Å². The summed E-state index contributed by atoms with van der Waals surface area (Å²) in [6.45, 7) is 8.33. The molecule has 2 aromatic rings. The lowest BCUT2D eigenvalue weighted by molar-refractivity contribution is 0.0646. The summed E-state index contributed by atoms with van der Waals surface area (Å²) in [4.78, 5) is 8.59. The van der Waals surface area contributed by atoms with Crippen molar-refractivity contribution in [3.8, 4) is 0 Å². The van der Waals surface area contributed by atoms with Crippen molar-refractivity contribution in [1.82, 2.24) is 20.8 Å². The number of hydrogen-bond acceptors (Lipinski definition) is 5. The molecule has 148 valence electrons. The van der Waals surface area contributed by atoms with Crippen LogP contribution in [0.25, 0.3) is 0 Å². The van der Waals surface area contributed by atoms with Gasteiger partial charge in [-0.3, -0.25) is 4.99 Å². The smallest absolute Gasteiger partial charge is 0.228 e. The van der Waals surface area contributed by atoms with Crippen LogP contribution in [-0.4, -0.2) is 42.8 Å². The molecule has 0 amide bonds. The van der Waals surface area contributed by atoms with E-state index in [0.717, 1.165) is 24.7 Å². The largest absolute Gasteiger partial charge is 0.374 e. The molecule has 1 aromatic heterocycles. The lowest BCUT2D eigenvalue weighted by Crippen LogP contribution is -2.39. The van der Waals surface area contributed by atoms with Crippen molar-refractivity contribution in [2.75, 3.05) is 26.7 Å². The number of aliphatic imine (C=N–C) groups is 1. The molecule has 0 fully saturated rings. The molecule has 0 aliphatic carbocycles. The van der Waals surface area contributed by atoms with Gasteiger partial charge in [0.1, 0.15) is 0 Å². The van der Waals surface area contributed by atoms with Crippen molar-refractivity contribution < 1.29 is 9.26 Å². The van der Waals surface area contributed by atoms with Crippen LogP contribution >= 0.6 is 0 Å². The average Bonchev–Trinajstić information content (AvgIpc) is 3.16. The van der Waals surface area contributed by atoms with Crippen LogP contribution in [0, 0.1) is 0 Å². The van der Waals surface area contributed by atoms with Crippen LogP contribution in [0.3, 0.4) is 0 Å². The lowest BCUT2D eigenvalue weighted by Gasteiger charge is -2.14. The van der Waals surface area contributed by atoms with E-state index in [1.165, 1.54) is 5.56 Å². The molecule has 0 radical (unpaired) electrons. The second-order valence-corrected chi connectivity index (χ2v) is 6.65. The monoisotopic (exact) mass is 373 g/mol. The molecule has 1 aromatic carbocycles. The summed E-state index contributed by atoms with van der Waals surface area (Å²) in [5.41, 5.74) is 1.20. The molecule has 0 saturated carbocycles. The lowest BCUT2D eigenvalue weighted by atomic mass is 10.1. The second kappa shape index (κ2) is 11.3. The summed E-state index contributed by atoms with van der Waals surface area (Å²) >= 11 is 0. The van der Waals surface area contributed by atoms with E-state index in [1.807, 2.05) is 32.0 Å². The molecule has 1 unspecified atom stereocenters. The summed E-state index contributed by atoms with van der Waals surface area (Å²) in [5, 5.41) is 10.5. The zero-order valence-corrected chi connectivity index (χ0v) is 16.7. The van der Waals surface area contributed by atoms with Gasteiger partial charge in [-0.05, 0) is 18.9 Å². The summed E-state index contributed by atoms with van der Waals surface area (Å²) in [6.07, 6.45) is 1.67. The van der Waals surface area contributed by atoms with Gasteiger partial charge in [-0.15, -0.1) is 0 Å². The van der Waals surface area contributed by atoms with Gasteiger partial charge in [0, 0.05) is 39.1 Å². The molecule has 0 spiro atoms. The molecule has 0 aliphatic heterocycles. The van der Waals surface area contributed by atoms with Crippen LogP contribution in [0.4, 0.5) is 0 Å². The first-order valence-electron chi connectivity index (χ1n) is 9.53. The Balaban J connectivity index is 1.58. The highest BCUT2D eigenvalue weighted by atomic mass is 16.5. The number of benzene rings is 1. The van der Waals surface area contributed by atoms with Crippen molar-refractivity contribution in [2.45, 2.75) is 45.6 Å². The van der Waals surface area contributed by atoms with Gasteiger partial charge in [-0.1, -0.05) is 49.3 Å². The molecule has 2 rings (SSSR count). The molecule has 0 saturated heterocycles. The van der Waals surface area contributed by atoms with E-state index in [-0.39, 0.29) is 12.0 Å². The van der Waals surface area contributed by atoms with Gasteiger partial charge in [0.15, 0.2) is 11.8 Å². The quantitative estimate of drug-likeness (QED) is 0.378. The molecule has 27 heavy (non-hydrogen) atoms. The molecule has 7 nitrogen and oxygen atoms in total. The Kier molecular flexibility index (Phi) is 8.77. The molecular weight excluding hydrogens is 342 g/mol. The highest BCUT2D eigenvalue weighted by molar-refractivity contribution is 5.79. The Hall–Kier alpha value is -2.41. The Bertz CT molecular complexity index is 685. The minimum atomic E-state index is 0.105. The number of aromatic nitrogens is 2. The van der Waals surface area contributed by atoms with E-state index < -0.39 is 0 Å². The van der Waals surface area contributed by atoms with Gasteiger partial charge in [-0.2, -0.15) is 4.98 Å². The molecule has 7 heteroatoms. The number of hydrogen-bond donors (Lipinski definition) is 2. The predicted octanol–water partition coefficient (Wildman–Crippen LogP) is 3.07. The van der Waals surface area contributed by atoms with Gasteiger partial charge >= 0.3 is 0 Å². The second-order valence-electron chi connectivity index (χ2n) is 6.65. The van der Waals surface area contributed by atoms with Gasteiger partial charge in [0.05, 0.1) is 6.10 Å². The van der Waals surface area contributed by atoms with E-state index in [2.05, 4.69) is 44.8 Å².